The second kappa shape index (κ2) is 15.0. The fraction of sp³-hybridized carbons (Fsp3) is 0.487. The molecule has 1 atom stereocenters. The van der Waals surface area contributed by atoms with Crippen molar-refractivity contribution < 1.29 is 26.3 Å². The van der Waals surface area contributed by atoms with Gasteiger partial charge in [-0.3, -0.25) is 0 Å². The summed E-state index contributed by atoms with van der Waals surface area (Å²) in [5.41, 5.74) is 2.87. The number of unbranched alkanes of at least 4 members (excludes halogenated alkanes) is 2. The standard InChI is InChI=1S/C39H44F6/c1-3-5-6-7-29-19-22-32(38(44)35(29)41)26-11-8-24(9-12-26)10-13-30-20-23-33(39(45)36(30)42)28-16-14-27(15-17-28)31-21-18-25(4-2)34(40)37(31)43/h14,18-24,26,28H,3-13,15-17H2,1-2H3. The van der Waals surface area contributed by atoms with Gasteiger partial charge in [-0.05, 0) is 128 Å². The molecule has 0 radical (unpaired) electrons. The molecule has 0 bridgehead atoms. The summed E-state index contributed by atoms with van der Waals surface area (Å²) >= 11 is 0. The molecule has 0 aliphatic heterocycles. The van der Waals surface area contributed by atoms with Gasteiger partial charge in [0.2, 0.25) is 0 Å². The average molecular weight is 627 g/mol. The Morgan fingerprint density at radius 1 is 0.578 bits per heavy atom. The van der Waals surface area contributed by atoms with Gasteiger partial charge in [0.25, 0.3) is 0 Å². The summed E-state index contributed by atoms with van der Waals surface area (Å²) in [5, 5.41) is 0. The van der Waals surface area contributed by atoms with Gasteiger partial charge in [-0.25, -0.2) is 26.3 Å². The third-order valence-electron chi connectivity index (χ3n) is 10.3. The van der Waals surface area contributed by atoms with Crippen LogP contribution in [0.25, 0.3) is 5.57 Å². The Morgan fingerprint density at radius 3 is 1.78 bits per heavy atom. The molecule has 1 unspecified atom stereocenters. The van der Waals surface area contributed by atoms with E-state index in [2.05, 4.69) is 6.92 Å². The lowest BCUT2D eigenvalue weighted by atomic mass is 9.76. The lowest BCUT2D eigenvalue weighted by molar-refractivity contribution is 0.303. The van der Waals surface area contributed by atoms with Gasteiger partial charge < -0.3 is 0 Å². The highest BCUT2D eigenvalue weighted by Crippen LogP contribution is 2.41. The predicted molar refractivity (Wildman–Crippen MR) is 169 cm³/mol. The van der Waals surface area contributed by atoms with E-state index in [1.165, 1.54) is 0 Å². The van der Waals surface area contributed by atoms with Gasteiger partial charge in [0.15, 0.2) is 34.9 Å². The first-order valence-electron chi connectivity index (χ1n) is 16.8. The molecule has 6 heteroatoms. The normalized spacial score (nSPS) is 20.4. The molecular formula is C39H44F6. The summed E-state index contributed by atoms with van der Waals surface area (Å²) in [7, 11) is 0. The van der Waals surface area contributed by atoms with Crippen molar-refractivity contribution >= 4 is 5.57 Å². The second-order valence-corrected chi connectivity index (χ2v) is 13.1. The quantitative estimate of drug-likeness (QED) is 0.147. The summed E-state index contributed by atoms with van der Waals surface area (Å²) in [6.07, 6.45) is 11.4. The zero-order valence-corrected chi connectivity index (χ0v) is 26.4. The Balaban J connectivity index is 1.15. The Hall–Kier alpha value is -3.02. The number of allylic oxidation sites excluding steroid dienone is 2. The summed E-state index contributed by atoms with van der Waals surface area (Å²) in [4.78, 5) is 0. The summed E-state index contributed by atoms with van der Waals surface area (Å²) in [5.74, 6) is -4.64. The average Bonchev–Trinajstić information content (AvgIpc) is 3.06. The molecule has 0 saturated heterocycles. The molecule has 45 heavy (non-hydrogen) atoms. The predicted octanol–water partition coefficient (Wildman–Crippen LogP) is 12.1. The zero-order valence-electron chi connectivity index (χ0n) is 26.4. The number of aryl methyl sites for hydroxylation is 3. The van der Waals surface area contributed by atoms with Crippen LogP contribution in [0.3, 0.4) is 0 Å². The van der Waals surface area contributed by atoms with E-state index in [-0.39, 0.29) is 17.4 Å². The summed E-state index contributed by atoms with van der Waals surface area (Å²) < 4.78 is 89.1. The van der Waals surface area contributed by atoms with Crippen molar-refractivity contribution in [3.05, 3.63) is 111 Å². The molecule has 0 spiro atoms. The maximum Gasteiger partial charge on any atom is 0.166 e. The molecule has 242 valence electrons. The number of hydrogen-bond acceptors (Lipinski definition) is 0. The van der Waals surface area contributed by atoms with Gasteiger partial charge in [-0.15, -0.1) is 0 Å². The van der Waals surface area contributed by atoms with Gasteiger partial charge in [-0.2, -0.15) is 0 Å². The van der Waals surface area contributed by atoms with Crippen LogP contribution in [0.15, 0.2) is 42.5 Å². The van der Waals surface area contributed by atoms with Gasteiger partial charge >= 0.3 is 0 Å². The van der Waals surface area contributed by atoms with Crippen LogP contribution in [-0.2, 0) is 19.3 Å². The molecule has 0 nitrogen and oxygen atoms in total. The van der Waals surface area contributed by atoms with Crippen molar-refractivity contribution in [2.45, 2.75) is 116 Å². The first kappa shape index (κ1) is 33.3. The van der Waals surface area contributed by atoms with Crippen molar-refractivity contribution in [3.63, 3.8) is 0 Å². The minimum absolute atomic E-state index is 0.0230. The number of halogens is 6. The Kier molecular flexibility index (Phi) is 11.1. The lowest BCUT2D eigenvalue weighted by Crippen LogP contribution is -2.16. The van der Waals surface area contributed by atoms with Crippen molar-refractivity contribution in [3.8, 4) is 0 Å². The molecule has 0 N–H and O–H groups in total. The van der Waals surface area contributed by atoms with Gasteiger partial charge in [-0.1, -0.05) is 69.2 Å². The van der Waals surface area contributed by atoms with Crippen LogP contribution in [0.1, 0.15) is 130 Å². The monoisotopic (exact) mass is 626 g/mol. The Labute approximate surface area is 264 Å². The molecule has 2 aliphatic carbocycles. The zero-order chi connectivity index (χ0) is 32.1. The van der Waals surface area contributed by atoms with E-state index in [4.69, 9.17) is 0 Å². The molecular weight excluding hydrogens is 582 g/mol. The number of rotatable bonds is 11. The molecule has 5 rings (SSSR count). The van der Waals surface area contributed by atoms with Gasteiger partial charge in [0, 0.05) is 5.56 Å². The highest BCUT2D eigenvalue weighted by molar-refractivity contribution is 5.67. The summed E-state index contributed by atoms with van der Waals surface area (Å²) in [6, 6.07) is 10.1. The van der Waals surface area contributed by atoms with Crippen LogP contribution in [0.2, 0.25) is 0 Å². The van der Waals surface area contributed by atoms with Crippen LogP contribution < -0.4 is 0 Å². The van der Waals surface area contributed by atoms with Gasteiger partial charge in [0.05, 0.1) is 0 Å². The molecule has 0 heterocycles. The topological polar surface area (TPSA) is 0 Å². The Morgan fingerprint density at radius 2 is 1.18 bits per heavy atom. The van der Waals surface area contributed by atoms with Crippen molar-refractivity contribution in [2.75, 3.05) is 0 Å². The van der Waals surface area contributed by atoms with Crippen LogP contribution in [0.4, 0.5) is 26.3 Å². The third kappa shape index (κ3) is 7.36. The molecule has 2 aliphatic rings. The largest absolute Gasteiger partial charge is 0.203 e. The fourth-order valence-electron chi connectivity index (χ4n) is 7.38. The van der Waals surface area contributed by atoms with Crippen LogP contribution >= 0.6 is 0 Å². The highest BCUT2D eigenvalue weighted by Gasteiger charge is 2.28. The molecule has 0 amide bonds. The van der Waals surface area contributed by atoms with Crippen LogP contribution in [-0.4, -0.2) is 0 Å². The SMILES string of the molecule is CCCCCc1ccc(C2CCC(CCc3ccc(C4CC=C(c5ccc(CC)c(F)c5F)CC4)c(F)c3F)CC2)c(F)c1F. The van der Waals surface area contributed by atoms with E-state index in [0.29, 0.717) is 84.3 Å². The van der Waals surface area contributed by atoms with E-state index in [9.17, 15) is 17.6 Å². The summed E-state index contributed by atoms with van der Waals surface area (Å²) in [6.45, 7) is 3.85. The van der Waals surface area contributed by atoms with E-state index >= 15 is 8.78 Å². The first-order valence-corrected chi connectivity index (χ1v) is 16.8. The van der Waals surface area contributed by atoms with E-state index < -0.39 is 34.9 Å². The Bertz CT molecular complexity index is 1510. The van der Waals surface area contributed by atoms with Crippen molar-refractivity contribution in [1.82, 2.24) is 0 Å². The molecule has 3 aromatic carbocycles. The third-order valence-corrected chi connectivity index (χ3v) is 10.3. The van der Waals surface area contributed by atoms with Crippen molar-refractivity contribution in [2.24, 2.45) is 5.92 Å². The lowest BCUT2D eigenvalue weighted by Gasteiger charge is -2.29. The maximum absolute atomic E-state index is 15.3. The van der Waals surface area contributed by atoms with Crippen LogP contribution in [0.5, 0.6) is 0 Å². The smallest absolute Gasteiger partial charge is 0.166 e. The minimum Gasteiger partial charge on any atom is -0.203 e. The van der Waals surface area contributed by atoms with Crippen LogP contribution in [0, 0.1) is 40.8 Å². The van der Waals surface area contributed by atoms with E-state index in [1.807, 2.05) is 6.08 Å². The number of hydrogen-bond donors (Lipinski definition) is 0. The van der Waals surface area contributed by atoms with E-state index in [1.54, 1.807) is 43.3 Å². The number of benzene rings is 3. The molecule has 0 aromatic heterocycles. The minimum atomic E-state index is -0.845. The van der Waals surface area contributed by atoms with Crippen molar-refractivity contribution in [1.29, 1.82) is 0 Å². The fourth-order valence-corrected chi connectivity index (χ4v) is 7.38. The molecule has 1 saturated carbocycles. The molecule has 3 aromatic rings. The maximum atomic E-state index is 15.3. The van der Waals surface area contributed by atoms with Gasteiger partial charge in [0.1, 0.15) is 0 Å². The highest BCUT2D eigenvalue weighted by atomic mass is 19.2. The second-order valence-electron chi connectivity index (χ2n) is 13.1. The molecule has 1 fully saturated rings. The van der Waals surface area contributed by atoms with E-state index in [0.717, 1.165) is 44.9 Å². The first-order chi connectivity index (χ1) is 21.7.